The van der Waals surface area contributed by atoms with E-state index in [-0.39, 0.29) is 17.0 Å². The van der Waals surface area contributed by atoms with Gasteiger partial charge in [-0.3, -0.25) is 4.79 Å². The number of rotatable bonds is 2. The maximum absolute atomic E-state index is 13.3. The minimum atomic E-state index is -0.304. The SMILES string of the molecule is Cc1ccc([C@@H]2SCC(=O)Nc3c2c(C)nn3-c2ccc(F)cc2)c(C)c1. The van der Waals surface area contributed by atoms with Crippen LogP contribution in [-0.4, -0.2) is 21.4 Å². The maximum Gasteiger partial charge on any atom is 0.235 e. The second-order valence-corrected chi connectivity index (χ2v) is 7.93. The zero-order valence-electron chi connectivity index (χ0n) is 15.4. The standard InChI is InChI=1S/C21H20FN3OS/c1-12-4-9-17(13(2)10-12)20-19-14(3)24-25(16-7-5-15(22)6-8-16)21(19)23-18(26)11-27-20/h4-10,20H,11H2,1-3H3,(H,23,26)/t20-/m0/s1. The molecule has 138 valence electrons. The van der Waals surface area contributed by atoms with Gasteiger partial charge in [0.15, 0.2) is 0 Å². The zero-order valence-corrected chi connectivity index (χ0v) is 16.2. The van der Waals surface area contributed by atoms with Crippen LogP contribution >= 0.6 is 11.8 Å². The van der Waals surface area contributed by atoms with Crippen LogP contribution in [0.4, 0.5) is 10.2 Å². The Morgan fingerprint density at radius 1 is 1.15 bits per heavy atom. The molecular weight excluding hydrogens is 361 g/mol. The molecule has 6 heteroatoms. The van der Waals surface area contributed by atoms with Gasteiger partial charge < -0.3 is 5.32 Å². The summed E-state index contributed by atoms with van der Waals surface area (Å²) in [4.78, 5) is 12.4. The maximum atomic E-state index is 13.3. The van der Waals surface area contributed by atoms with Crippen LogP contribution in [0.2, 0.25) is 0 Å². The highest BCUT2D eigenvalue weighted by molar-refractivity contribution is 8.00. The lowest BCUT2D eigenvalue weighted by atomic mass is 9.98. The number of anilines is 1. The third-order valence-electron chi connectivity index (χ3n) is 4.79. The number of halogens is 1. The molecule has 1 N–H and O–H groups in total. The van der Waals surface area contributed by atoms with Gasteiger partial charge in [0.1, 0.15) is 11.6 Å². The molecule has 1 amide bonds. The van der Waals surface area contributed by atoms with E-state index in [0.717, 1.165) is 11.3 Å². The summed E-state index contributed by atoms with van der Waals surface area (Å²) in [5, 5.41) is 7.67. The van der Waals surface area contributed by atoms with Crippen LogP contribution in [0.5, 0.6) is 0 Å². The molecule has 1 aliphatic rings. The molecule has 27 heavy (non-hydrogen) atoms. The fraction of sp³-hybridized carbons (Fsp3) is 0.238. The van der Waals surface area contributed by atoms with Gasteiger partial charge in [0.2, 0.25) is 5.91 Å². The summed E-state index contributed by atoms with van der Waals surface area (Å²) in [5.41, 5.74) is 6.17. The van der Waals surface area contributed by atoms with Crippen LogP contribution in [0.3, 0.4) is 0 Å². The number of aromatic nitrogens is 2. The molecular formula is C21H20FN3OS. The molecule has 0 aliphatic carbocycles. The number of nitrogens with one attached hydrogen (secondary N) is 1. The monoisotopic (exact) mass is 381 g/mol. The van der Waals surface area contributed by atoms with Gasteiger partial charge in [-0.25, -0.2) is 9.07 Å². The van der Waals surface area contributed by atoms with E-state index in [4.69, 9.17) is 0 Å². The first-order chi connectivity index (χ1) is 12.9. The smallest absolute Gasteiger partial charge is 0.235 e. The van der Waals surface area contributed by atoms with E-state index in [1.165, 1.54) is 28.8 Å². The fourth-order valence-corrected chi connectivity index (χ4v) is 4.80. The van der Waals surface area contributed by atoms with Crippen molar-refractivity contribution in [3.05, 3.63) is 76.2 Å². The summed E-state index contributed by atoms with van der Waals surface area (Å²) in [6, 6.07) is 12.5. The topological polar surface area (TPSA) is 46.9 Å². The van der Waals surface area contributed by atoms with Crippen LogP contribution in [0.1, 0.15) is 33.2 Å². The first kappa shape index (κ1) is 17.8. The molecule has 0 unspecified atom stereocenters. The minimum Gasteiger partial charge on any atom is -0.310 e. The van der Waals surface area contributed by atoms with Gasteiger partial charge in [-0.2, -0.15) is 5.10 Å². The lowest BCUT2D eigenvalue weighted by Crippen LogP contribution is -2.15. The number of nitrogens with zero attached hydrogens (tertiary/aromatic N) is 2. The molecule has 0 radical (unpaired) electrons. The molecule has 3 aromatic rings. The van der Waals surface area contributed by atoms with Gasteiger partial charge >= 0.3 is 0 Å². The summed E-state index contributed by atoms with van der Waals surface area (Å²) < 4.78 is 15.0. The molecule has 2 heterocycles. The van der Waals surface area contributed by atoms with Crippen molar-refractivity contribution >= 4 is 23.5 Å². The Morgan fingerprint density at radius 3 is 2.59 bits per heavy atom. The van der Waals surface area contributed by atoms with Gasteiger partial charge in [0.05, 0.1) is 22.4 Å². The first-order valence-electron chi connectivity index (χ1n) is 8.78. The Hall–Kier alpha value is -2.60. The van der Waals surface area contributed by atoms with Crippen molar-refractivity contribution in [1.82, 2.24) is 9.78 Å². The second-order valence-electron chi connectivity index (χ2n) is 6.84. The van der Waals surface area contributed by atoms with Crippen molar-refractivity contribution in [3.63, 3.8) is 0 Å². The van der Waals surface area contributed by atoms with Crippen LogP contribution in [0.15, 0.2) is 42.5 Å². The van der Waals surface area contributed by atoms with Crippen molar-refractivity contribution in [2.75, 3.05) is 11.1 Å². The molecule has 0 saturated heterocycles. The Bertz CT molecular complexity index is 1030. The highest BCUT2D eigenvalue weighted by atomic mass is 32.2. The summed E-state index contributed by atoms with van der Waals surface area (Å²) >= 11 is 1.61. The predicted octanol–water partition coefficient (Wildman–Crippen LogP) is 4.71. The number of thioether (sulfide) groups is 1. The molecule has 0 fully saturated rings. The van der Waals surface area contributed by atoms with Crippen molar-refractivity contribution in [2.24, 2.45) is 0 Å². The number of hydrogen-bond donors (Lipinski definition) is 1. The lowest BCUT2D eigenvalue weighted by molar-refractivity contribution is -0.113. The third kappa shape index (κ3) is 3.25. The highest BCUT2D eigenvalue weighted by Gasteiger charge is 2.31. The van der Waals surface area contributed by atoms with Crippen LogP contribution in [-0.2, 0) is 4.79 Å². The number of aryl methyl sites for hydroxylation is 3. The number of carbonyl (C=O) groups is 1. The quantitative estimate of drug-likeness (QED) is 0.699. The van der Waals surface area contributed by atoms with Crippen molar-refractivity contribution in [3.8, 4) is 5.69 Å². The van der Waals surface area contributed by atoms with Crippen LogP contribution in [0, 0.1) is 26.6 Å². The Kier molecular flexibility index (Phi) is 4.52. The molecule has 1 atom stereocenters. The van der Waals surface area contributed by atoms with Crippen molar-refractivity contribution < 1.29 is 9.18 Å². The normalized spacial score (nSPS) is 16.6. The Morgan fingerprint density at radius 2 is 1.89 bits per heavy atom. The molecule has 0 spiro atoms. The van der Waals surface area contributed by atoms with Crippen LogP contribution in [0.25, 0.3) is 5.69 Å². The molecule has 4 rings (SSSR count). The molecule has 0 saturated carbocycles. The fourth-order valence-electron chi connectivity index (χ4n) is 3.52. The van der Waals surface area contributed by atoms with E-state index in [0.29, 0.717) is 17.3 Å². The Balaban J connectivity index is 1.90. The predicted molar refractivity (Wildman–Crippen MR) is 107 cm³/mol. The largest absolute Gasteiger partial charge is 0.310 e. The number of hydrogen-bond acceptors (Lipinski definition) is 3. The molecule has 0 bridgehead atoms. The van der Waals surface area contributed by atoms with Gasteiger partial charge in [0, 0.05) is 5.56 Å². The summed E-state index contributed by atoms with van der Waals surface area (Å²) in [6.45, 7) is 6.13. The van der Waals surface area contributed by atoms with E-state index >= 15 is 0 Å². The minimum absolute atomic E-state index is 0.00810. The second kappa shape index (κ2) is 6.85. The summed E-state index contributed by atoms with van der Waals surface area (Å²) in [5.74, 6) is 0.674. The van der Waals surface area contributed by atoms with E-state index < -0.39 is 0 Å². The van der Waals surface area contributed by atoms with E-state index in [2.05, 4.69) is 42.5 Å². The van der Waals surface area contributed by atoms with Gasteiger partial charge in [-0.15, -0.1) is 11.8 Å². The third-order valence-corrected chi connectivity index (χ3v) is 6.04. The zero-order chi connectivity index (χ0) is 19.1. The highest BCUT2D eigenvalue weighted by Crippen LogP contribution is 2.44. The number of amides is 1. The number of carbonyl (C=O) groups excluding carboxylic acids is 1. The molecule has 1 aliphatic heterocycles. The van der Waals surface area contributed by atoms with Gasteiger partial charge in [0.25, 0.3) is 0 Å². The summed E-state index contributed by atoms with van der Waals surface area (Å²) in [7, 11) is 0. The Labute approximate surface area is 161 Å². The average Bonchev–Trinajstić information content (AvgIpc) is 2.83. The van der Waals surface area contributed by atoms with Crippen molar-refractivity contribution in [2.45, 2.75) is 26.0 Å². The van der Waals surface area contributed by atoms with Gasteiger partial charge in [-0.05, 0) is 56.2 Å². The van der Waals surface area contributed by atoms with E-state index in [1.54, 1.807) is 28.6 Å². The van der Waals surface area contributed by atoms with Crippen molar-refractivity contribution in [1.29, 1.82) is 0 Å². The molecule has 2 aromatic carbocycles. The molecule has 1 aromatic heterocycles. The lowest BCUT2D eigenvalue weighted by Gasteiger charge is -2.18. The van der Waals surface area contributed by atoms with E-state index in [1.807, 2.05) is 6.92 Å². The summed E-state index contributed by atoms with van der Waals surface area (Å²) in [6.07, 6.45) is 0. The van der Waals surface area contributed by atoms with Crippen LogP contribution < -0.4 is 5.32 Å². The molecule has 4 nitrogen and oxygen atoms in total. The van der Waals surface area contributed by atoms with Gasteiger partial charge in [-0.1, -0.05) is 23.8 Å². The number of fused-ring (bicyclic) bond motifs is 1. The average molecular weight is 381 g/mol. The van der Waals surface area contributed by atoms with E-state index in [9.17, 15) is 9.18 Å². The number of benzene rings is 2. The first-order valence-corrected chi connectivity index (χ1v) is 9.83.